The lowest BCUT2D eigenvalue weighted by atomic mass is 9.83. The average Bonchev–Trinajstić information content (AvgIpc) is 2.54. The summed E-state index contributed by atoms with van der Waals surface area (Å²) in [7, 11) is 0. The highest BCUT2D eigenvalue weighted by Crippen LogP contribution is 2.34. The molecule has 3 rings (SSSR count). The van der Waals surface area contributed by atoms with Crippen LogP contribution in [0.5, 0.6) is 0 Å². The molecule has 7 heteroatoms. The molecule has 6 nitrogen and oxygen atoms in total. The molecule has 23 heavy (non-hydrogen) atoms. The normalized spacial score (nSPS) is 22.2. The second-order valence-corrected chi connectivity index (χ2v) is 6.45. The summed E-state index contributed by atoms with van der Waals surface area (Å²) in [6.45, 7) is 4.56. The van der Waals surface area contributed by atoms with Gasteiger partial charge < -0.3 is 19.5 Å². The molecule has 0 aliphatic carbocycles. The lowest BCUT2D eigenvalue weighted by Crippen LogP contribution is -2.52. The van der Waals surface area contributed by atoms with Crippen molar-refractivity contribution < 1.29 is 9.53 Å². The smallest absolute Gasteiger partial charge is 0.325 e. The Bertz CT molecular complexity index is 673. The Hall–Kier alpha value is -1.89. The van der Waals surface area contributed by atoms with Crippen LogP contribution in [-0.4, -0.2) is 46.8 Å². The summed E-state index contributed by atoms with van der Waals surface area (Å²) < 4.78 is 6.79. The number of ether oxygens (including phenoxy) is 1. The molecule has 0 spiro atoms. The first-order chi connectivity index (χ1) is 11.1. The van der Waals surface area contributed by atoms with E-state index in [9.17, 15) is 9.59 Å². The highest BCUT2D eigenvalue weighted by Gasteiger charge is 2.35. The maximum atomic E-state index is 12.0. The van der Waals surface area contributed by atoms with Crippen molar-refractivity contribution in [3.63, 3.8) is 0 Å². The first kappa shape index (κ1) is 16.0. The number of thiocarbonyl (C=S) groups is 1. The van der Waals surface area contributed by atoms with Crippen LogP contribution in [-0.2, 0) is 16.1 Å². The van der Waals surface area contributed by atoms with Gasteiger partial charge in [-0.25, -0.2) is 0 Å². The van der Waals surface area contributed by atoms with Crippen molar-refractivity contribution in [2.45, 2.75) is 25.8 Å². The van der Waals surface area contributed by atoms with Crippen LogP contribution in [0.25, 0.3) is 0 Å². The average molecular weight is 335 g/mol. The number of nitrogens with one attached hydrogen (secondary N) is 1. The van der Waals surface area contributed by atoms with Crippen molar-refractivity contribution in [1.82, 2.24) is 14.8 Å². The quantitative estimate of drug-likeness (QED) is 0.648. The van der Waals surface area contributed by atoms with E-state index in [-0.39, 0.29) is 18.1 Å². The fourth-order valence-electron chi connectivity index (χ4n) is 3.53. The van der Waals surface area contributed by atoms with Crippen molar-refractivity contribution in [2.75, 3.05) is 26.2 Å². The van der Waals surface area contributed by atoms with Crippen molar-refractivity contribution in [3.05, 3.63) is 34.2 Å². The van der Waals surface area contributed by atoms with Gasteiger partial charge in [-0.15, -0.1) is 0 Å². The number of esters is 1. The van der Waals surface area contributed by atoms with Gasteiger partial charge in [-0.2, -0.15) is 0 Å². The van der Waals surface area contributed by atoms with Gasteiger partial charge in [0.1, 0.15) is 6.54 Å². The molecule has 2 atom stereocenters. The predicted molar refractivity (Wildman–Crippen MR) is 90.4 cm³/mol. The highest BCUT2D eigenvalue weighted by molar-refractivity contribution is 7.80. The molecule has 1 aromatic rings. The summed E-state index contributed by atoms with van der Waals surface area (Å²) >= 11 is 5.42. The van der Waals surface area contributed by atoms with Gasteiger partial charge in [0.15, 0.2) is 5.11 Å². The third kappa shape index (κ3) is 3.39. The molecule has 1 saturated heterocycles. The lowest BCUT2D eigenvalue weighted by Gasteiger charge is -2.43. The van der Waals surface area contributed by atoms with Crippen LogP contribution in [0.1, 0.15) is 25.0 Å². The fraction of sp³-hybridized carbons (Fsp3) is 0.562. The second kappa shape index (κ2) is 6.70. The number of hydrogen-bond donors (Lipinski definition) is 1. The monoisotopic (exact) mass is 335 g/mol. The molecule has 0 unspecified atom stereocenters. The zero-order chi connectivity index (χ0) is 16.4. The Morgan fingerprint density at radius 1 is 1.39 bits per heavy atom. The van der Waals surface area contributed by atoms with Gasteiger partial charge in [-0.05, 0) is 37.5 Å². The lowest BCUT2D eigenvalue weighted by molar-refractivity contribution is -0.141. The van der Waals surface area contributed by atoms with Gasteiger partial charge in [0.2, 0.25) is 0 Å². The number of nitrogens with zero attached hydrogens (tertiary/aromatic N) is 2. The molecular formula is C16H21N3O3S. The second-order valence-electron chi connectivity index (χ2n) is 6.07. The number of carbonyl (C=O) groups is 1. The first-order valence-electron chi connectivity index (χ1n) is 7.96. The predicted octanol–water partition coefficient (Wildman–Crippen LogP) is 0.705. The summed E-state index contributed by atoms with van der Waals surface area (Å²) in [5.41, 5.74) is 1.17. The van der Waals surface area contributed by atoms with Gasteiger partial charge >= 0.3 is 5.97 Å². The molecule has 0 saturated carbocycles. The molecule has 3 heterocycles. The minimum atomic E-state index is -0.302. The Kier molecular flexibility index (Phi) is 4.66. The standard InChI is InChI=1S/C16H21N3O3S/c1-2-22-15(21)7-17-16(23)18-8-11-6-12(10-18)13-4-3-5-14(20)19(13)9-11/h3-5,11-12H,2,6-10H2,1H3,(H,17,23)/t11-,12-/m1/s1. The molecule has 124 valence electrons. The zero-order valence-electron chi connectivity index (χ0n) is 13.2. The number of rotatable bonds is 3. The summed E-state index contributed by atoms with van der Waals surface area (Å²) in [5.74, 6) is 0.409. The number of fused-ring (bicyclic) bond motifs is 4. The van der Waals surface area contributed by atoms with Gasteiger partial charge in [0.05, 0.1) is 6.61 Å². The topological polar surface area (TPSA) is 63.6 Å². The number of carbonyl (C=O) groups excluding carboxylic acids is 1. The van der Waals surface area contributed by atoms with E-state index < -0.39 is 0 Å². The van der Waals surface area contributed by atoms with Crippen molar-refractivity contribution in [1.29, 1.82) is 0 Å². The highest BCUT2D eigenvalue weighted by atomic mass is 32.1. The molecule has 1 fully saturated rings. The first-order valence-corrected chi connectivity index (χ1v) is 8.37. The summed E-state index contributed by atoms with van der Waals surface area (Å²) in [6.07, 6.45) is 1.08. The number of likely N-dealkylation sites (tertiary alicyclic amines) is 1. The fourth-order valence-corrected chi connectivity index (χ4v) is 3.76. The van der Waals surface area contributed by atoms with Gasteiger partial charge in [-0.1, -0.05) is 6.07 Å². The van der Waals surface area contributed by atoms with E-state index >= 15 is 0 Å². The molecule has 2 aliphatic rings. The summed E-state index contributed by atoms with van der Waals surface area (Å²) in [5, 5.41) is 3.56. The van der Waals surface area contributed by atoms with E-state index in [1.54, 1.807) is 13.0 Å². The number of pyridine rings is 1. The summed E-state index contributed by atoms with van der Waals surface area (Å²) in [4.78, 5) is 25.5. The van der Waals surface area contributed by atoms with Crippen molar-refractivity contribution >= 4 is 23.3 Å². The van der Waals surface area contributed by atoms with E-state index in [2.05, 4.69) is 10.2 Å². The van der Waals surface area contributed by atoms with Crippen LogP contribution in [0.4, 0.5) is 0 Å². The minimum absolute atomic E-state index is 0.0775. The van der Waals surface area contributed by atoms with Crippen molar-refractivity contribution in [3.8, 4) is 0 Å². The Labute approximate surface area is 140 Å². The van der Waals surface area contributed by atoms with Crippen molar-refractivity contribution in [2.24, 2.45) is 5.92 Å². The van der Waals surface area contributed by atoms with Gasteiger partial charge in [0, 0.05) is 37.3 Å². The third-order valence-electron chi connectivity index (χ3n) is 4.46. The maximum absolute atomic E-state index is 12.0. The number of piperidine rings is 1. The largest absolute Gasteiger partial charge is 0.465 e. The molecular weight excluding hydrogens is 314 g/mol. The van der Waals surface area contributed by atoms with Gasteiger partial charge in [-0.3, -0.25) is 9.59 Å². The Balaban J connectivity index is 1.66. The van der Waals surface area contributed by atoms with Crippen LogP contribution in [0.15, 0.2) is 23.0 Å². The van der Waals surface area contributed by atoms with E-state index in [4.69, 9.17) is 17.0 Å². The van der Waals surface area contributed by atoms with Crippen LogP contribution >= 0.6 is 12.2 Å². The molecule has 1 aromatic heterocycles. The maximum Gasteiger partial charge on any atom is 0.325 e. The molecule has 0 radical (unpaired) electrons. The number of hydrogen-bond acceptors (Lipinski definition) is 4. The minimum Gasteiger partial charge on any atom is -0.465 e. The van der Waals surface area contributed by atoms with E-state index in [1.807, 2.05) is 16.7 Å². The molecule has 0 amide bonds. The third-order valence-corrected chi connectivity index (χ3v) is 4.86. The molecule has 2 bridgehead atoms. The molecule has 1 N–H and O–H groups in total. The van der Waals surface area contributed by atoms with E-state index in [0.717, 1.165) is 31.7 Å². The van der Waals surface area contributed by atoms with E-state index in [1.165, 1.54) is 0 Å². The summed E-state index contributed by atoms with van der Waals surface area (Å²) in [6, 6.07) is 5.47. The van der Waals surface area contributed by atoms with Crippen LogP contribution in [0, 0.1) is 5.92 Å². The Morgan fingerprint density at radius 2 is 2.22 bits per heavy atom. The zero-order valence-corrected chi connectivity index (χ0v) is 14.0. The Morgan fingerprint density at radius 3 is 3.00 bits per heavy atom. The van der Waals surface area contributed by atoms with Crippen LogP contribution < -0.4 is 10.9 Å². The van der Waals surface area contributed by atoms with E-state index in [0.29, 0.717) is 23.6 Å². The molecule has 0 aromatic carbocycles. The van der Waals surface area contributed by atoms with Crippen LogP contribution in [0.3, 0.4) is 0 Å². The van der Waals surface area contributed by atoms with Crippen LogP contribution in [0.2, 0.25) is 0 Å². The van der Waals surface area contributed by atoms with Gasteiger partial charge in [0.25, 0.3) is 5.56 Å². The SMILES string of the molecule is CCOC(=O)CNC(=S)N1C[C@H]2C[C@H](C1)c1cccc(=O)n1C2. The molecule has 2 aliphatic heterocycles. The number of aromatic nitrogens is 1.